The highest BCUT2D eigenvalue weighted by molar-refractivity contribution is 7.91. The minimum atomic E-state index is -3.02. The highest BCUT2D eigenvalue weighted by Crippen LogP contribution is 2.32. The van der Waals surface area contributed by atoms with E-state index in [1.165, 1.54) is 0 Å². The molecule has 0 aromatic heterocycles. The summed E-state index contributed by atoms with van der Waals surface area (Å²) < 4.78 is 23.4. The van der Waals surface area contributed by atoms with Crippen LogP contribution in [0.2, 0.25) is 10.0 Å². The summed E-state index contributed by atoms with van der Waals surface area (Å²) in [5.74, 6) is 0.235. The lowest BCUT2D eigenvalue weighted by Gasteiger charge is -2.29. The second kappa shape index (κ2) is 4.76. The number of benzene rings is 1. The van der Waals surface area contributed by atoms with Crippen molar-refractivity contribution in [2.24, 2.45) is 0 Å². The highest BCUT2D eigenvalue weighted by Gasteiger charge is 2.31. The van der Waals surface area contributed by atoms with Crippen LogP contribution < -0.4 is 5.32 Å². The van der Waals surface area contributed by atoms with Crippen LogP contribution in [-0.4, -0.2) is 26.0 Å². The van der Waals surface area contributed by atoms with Crippen LogP contribution in [0.25, 0.3) is 0 Å². The largest absolute Gasteiger partial charge is 0.305 e. The van der Waals surface area contributed by atoms with Crippen LogP contribution in [0, 0.1) is 0 Å². The first-order chi connectivity index (χ1) is 7.89. The molecule has 94 valence electrons. The van der Waals surface area contributed by atoms with Crippen molar-refractivity contribution < 1.29 is 8.42 Å². The molecule has 0 amide bonds. The zero-order chi connectivity index (χ0) is 12.6. The molecule has 1 saturated heterocycles. The Hall–Kier alpha value is -0.290. The van der Waals surface area contributed by atoms with Crippen LogP contribution in [0.3, 0.4) is 0 Å². The van der Waals surface area contributed by atoms with Crippen molar-refractivity contribution in [3.8, 4) is 0 Å². The monoisotopic (exact) mass is 293 g/mol. The average Bonchev–Trinajstić information content (AvgIpc) is 2.19. The Morgan fingerprint density at radius 3 is 2.65 bits per heavy atom. The van der Waals surface area contributed by atoms with Gasteiger partial charge in [-0.05, 0) is 18.6 Å². The number of hydrogen-bond acceptors (Lipinski definition) is 3. The fraction of sp³-hybridized carbons (Fsp3) is 0.455. The van der Waals surface area contributed by atoms with Gasteiger partial charge in [-0.2, -0.15) is 0 Å². The molecule has 2 rings (SSSR count). The van der Waals surface area contributed by atoms with Gasteiger partial charge in [-0.15, -0.1) is 0 Å². The lowest BCUT2D eigenvalue weighted by molar-refractivity contribution is 0.469. The van der Waals surface area contributed by atoms with E-state index in [2.05, 4.69) is 5.32 Å². The smallest absolute Gasteiger partial charge is 0.153 e. The van der Waals surface area contributed by atoms with E-state index < -0.39 is 9.84 Å². The van der Waals surface area contributed by atoms with E-state index >= 15 is 0 Å². The number of halogens is 2. The van der Waals surface area contributed by atoms with Crippen molar-refractivity contribution >= 4 is 33.0 Å². The lowest BCUT2D eigenvalue weighted by Crippen LogP contribution is -2.45. The molecule has 0 spiro atoms. The Labute approximate surface area is 111 Å². The molecule has 0 saturated carbocycles. The number of hydrogen-bond donors (Lipinski definition) is 1. The van der Waals surface area contributed by atoms with E-state index in [4.69, 9.17) is 23.2 Å². The molecule has 3 nitrogen and oxygen atoms in total. The summed E-state index contributed by atoms with van der Waals surface area (Å²) in [6.45, 7) is 1.85. The Kier molecular flexibility index (Phi) is 3.69. The molecule has 1 fully saturated rings. The summed E-state index contributed by atoms with van der Waals surface area (Å²) in [4.78, 5) is 0. The minimum Gasteiger partial charge on any atom is -0.305 e. The maximum Gasteiger partial charge on any atom is 0.153 e. The summed E-state index contributed by atoms with van der Waals surface area (Å²) in [7, 11) is -3.02. The second-order valence-corrected chi connectivity index (χ2v) is 7.28. The highest BCUT2D eigenvalue weighted by atomic mass is 35.5. The van der Waals surface area contributed by atoms with Crippen LogP contribution in [0.1, 0.15) is 18.5 Å². The molecule has 2 unspecified atom stereocenters. The number of sulfone groups is 1. The van der Waals surface area contributed by atoms with E-state index in [-0.39, 0.29) is 23.6 Å². The van der Waals surface area contributed by atoms with Gasteiger partial charge in [0, 0.05) is 12.1 Å². The maximum atomic E-state index is 11.7. The molecule has 0 bridgehead atoms. The van der Waals surface area contributed by atoms with Crippen LogP contribution >= 0.6 is 23.2 Å². The molecule has 6 heteroatoms. The molecule has 2 atom stereocenters. The molecular formula is C11H13Cl2NO2S. The van der Waals surface area contributed by atoms with Gasteiger partial charge in [0.05, 0.1) is 21.6 Å². The third-order valence-corrected chi connectivity index (χ3v) is 5.45. The van der Waals surface area contributed by atoms with Gasteiger partial charge in [-0.3, -0.25) is 0 Å². The van der Waals surface area contributed by atoms with Gasteiger partial charge in [-0.25, -0.2) is 8.42 Å². The minimum absolute atomic E-state index is 0.0669. The van der Waals surface area contributed by atoms with Gasteiger partial charge in [-0.1, -0.05) is 35.3 Å². The predicted molar refractivity (Wildman–Crippen MR) is 70.5 cm³/mol. The first-order valence-corrected chi connectivity index (χ1v) is 7.87. The van der Waals surface area contributed by atoms with Crippen molar-refractivity contribution in [2.45, 2.75) is 19.0 Å². The van der Waals surface area contributed by atoms with Gasteiger partial charge in [0.2, 0.25) is 0 Å². The zero-order valence-electron chi connectivity index (χ0n) is 9.28. The van der Waals surface area contributed by atoms with Gasteiger partial charge >= 0.3 is 0 Å². The molecule has 0 aliphatic carbocycles. The molecule has 0 radical (unpaired) electrons. The van der Waals surface area contributed by atoms with Crippen molar-refractivity contribution in [3.63, 3.8) is 0 Å². The summed E-state index contributed by atoms with van der Waals surface area (Å²) in [5, 5.41) is 4.11. The van der Waals surface area contributed by atoms with E-state index in [0.717, 1.165) is 5.56 Å². The number of rotatable bonds is 1. The van der Waals surface area contributed by atoms with Gasteiger partial charge in [0.15, 0.2) is 9.84 Å². The van der Waals surface area contributed by atoms with Crippen molar-refractivity contribution in [2.75, 3.05) is 11.5 Å². The van der Waals surface area contributed by atoms with Gasteiger partial charge in [0.25, 0.3) is 0 Å². The Morgan fingerprint density at radius 1 is 1.29 bits per heavy atom. The molecule has 1 N–H and O–H groups in total. The molecule has 1 aromatic carbocycles. The molecule has 17 heavy (non-hydrogen) atoms. The number of nitrogens with one attached hydrogen (secondary N) is 1. The second-order valence-electron chi connectivity index (χ2n) is 4.34. The first kappa shape index (κ1) is 13.1. The van der Waals surface area contributed by atoms with E-state index in [1.54, 1.807) is 18.2 Å². The predicted octanol–water partition coefficient (Wildman–Crippen LogP) is 2.44. The van der Waals surface area contributed by atoms with Crippen molar-refractivity contribution in [1.82, 2.24) is 5.32 Å². The lowest BCUT2D eigenvalue weighted by atomic mass is 10.1. The summed E-state index contributed by atoms with van der Waals surface area (Å²) in [6, 6.07) is 4.91. The van der Waals surface area contributed by atoms with E-state index in [0.29, 0.717) is 10.0 Å². The zero-order valence-corrected chi connectivity index (χ0v) is 11.6. The standard InChI is InChI=1S/C11H13Cl2NO2S/c1-7-5-17(15,16)6-10(14-7)8-3-2-4-9(12)11(8)13/h2-4,7,10,14H,5-6H2,1H3. The van der Waals surface area contributed by atoms with Crippen LogP contribution in [0.4, 0.5) is 0 Å². The Bertz CT molecular complexity index is 530. The summed E-state index contributed by atoms with van der Waals surface area (Å²) in [5.41, 5.74) is 0.745. The fourth-order valence-corrected chi connectivity index (χ4v) is 4.33. The average molecular weight is 294 g/mol. The van der Waals surface area contributed by atoms with Crippen LogP contribution in [-0.2, 0) is 9.84 Å². The van der Waals surface area contributed by atoms with Crippen molar-refractivity contribution in [3.05, 3.63) is 33.8 Å². The van der Waals surface area contributed by atoms with Crippen LogP contribution in [0.15, 0.2) is 18.2 Å². The fourth-order valence-electron chi connectivity index (χ4n) is 2.11. The quantitative estimate of drug-likeness (QED) is 0.865. The molecule has 1 aliphatic heterocycles. The maximum absolute atomic E-state index is 11.7. The van der Waals surface area contributed by atoms with Gasteiger partial charge in [0.1, 0.15) is 0 Å². The Balaban J connectivity index is 2.37. The SMILES string of the molecule is CC1CS(=O)(=O)CC(c2cccc(Cl)c2Cl)N1. The molecular weight excluding hydrogens is 281 g/mol. The van der Waals surface area contributed by atoms with E-state index in [9.17, 15) is 8.42 Å². The van der Waals surface area contributed by atoms with Crippen LogP contribution in [0.5, 0.6) is 0 Å². The van der Waals surface area contributed by atoms with E-state index in [1.807, 2.05) is 6.92 Å². The summed E-state index contributed by atoms with van der Waals surface area (Å²) in [6.07, 6.45) is 0. The first-order valence-electron chi connectivity index (χ1n) is 5.29. The Morgan fingerprint density at radius 2 is 2.00 bits per heavy atom. The normalized spacial score (nSPS) is 27.9. The molecule has 1 aromatic rings. The van der Waals surface area contributed by atoms with Crippen molar-refractivity contribution in [1.29, 1.82) is 0 Å². The topological polar surface area (TPSA) is 46.2 Å². The molecule has 1 heterocycles. The third-order valence-electron chi connectivity index (χ3n) is 2.77. The molecule has 1 aliphatic rings. The summed E-state index contributed by atoms with van der Waals surface area (Å²) >= 11 is 12.0. The van der Waals surface area contributed by atoms with Gasteiger partial charge < -0.3 is 5.32 Å². The third kappa shape index (κ3) is 2.94.